The number of carbonyl (C=O) groups is 1. The molecule has 0 saturated carbocycles. The van der Waals surface area contributed by atoms with Gasteiger partial charge in [0.1, 0.15) is 5.75 Å². The highest BCUT2D eigenvalue weighted by atomic mass is 16.5. The van der Waals surface area contributed by atoms with Crippen molar-refractivity contribution < 1.29 is 24.5 Å². The van der Waals surface area contributed by atoms with Crippen LogP contribution >= 0.6 is 0 Å². The molecule has 0 radical (unpaired) electrons. The number of carboxylic acids is 1. The average molecular weight is 325 g/mol. The van der Waals surface area contributed by atoms with E-state index < -0.39 is 24.0 Å². The van der Waals surface area contributed by atoms with Gasteiger partial charge in [0.25, 0.3) is 0 Å². The molecule has 3 unspecified atom stereocenters. The third kappa shape index (κ3) is 6.56. The number of nitrogens with two attached hydrogens (primary N) is 1. The fourth-order valence-corrected chi connectivity index (χ4v) is 2.28. The average Bonchev–Trinajstić information content (AvgIpc) is 2.51. The molecule has 1 rings (SSSR count). The Balaban J connectivity index is 2.42. The molecule has 4 N–H and O–H groups in total. The molecular weight excluding hydrogens is 298 g/mol. The molecule has 0 fully saturated rings. The maximum absolute atomic E-state index is 11.2. The fourth-order valence-electron chi connectivity index (χ4n) is 2.28. The van der Waals surface area contributed by atoms with Crippen LogP contribution in [-0.2, 0) is 16.1 Å². The first-order chi connectivity index (χ1) is 10.8. The Hall–Kier alpha value is -1.63. The maximum Gasteiger partial charge on any atom is 0.306 e. The zero-order valence-electron chi connectivity index (χ0n) is 13.9. The number of aliphatic carboxylic acids is 1. The second-order valence-electron chi connectivity index (χ2n) is 6.02. The first-order valence-electron chi connectivity index (χ1n) is 7.72. The monoisotopic (exact) mass is 325 g/mol. The van der Waals surface area contributed by atoms with Gasteiger partial charge in [0.15, 0.2) is 0 Å². The second-order valence-corrected chi connectivity index (χ2v) is 6.02. The largest absolute Gasteiger partial charge is 0.497 e. The summed E-state index contributed by atoms with van der Waals surface area (Å²) in [6.07, 6.45) is -0.791. The molecule has 3 atom stereocenters. The predicted molar refractivity (Wildman–Crippen MR) is 87.2 cm³/mol. The molecule has 6 heteroatoms. The topological polar surface area (TPSA) is 102 Å². The van der Waals surface area contributed by atoms with E-state index in [4.69, 9.17) is 20.3 Å². The first-order valence-corrected chi connectivity index (χ1v) is 7.72. The van der Waals surface area contributed by atoms with E-state index in [1.807, 2.05) is 38.1 Å². The zero-order valence-corrected chi connectivity index (χ0v) is 13.9. The molecule has 6 nitrogen and oxygen atoms in total. The number of carboxylic acid groups (broad SMARTS) is 1. The van der Waals surface area contributed by atoms with Crippen LogP contribution in [0.3, 0.4) is 0 Å². The van der Waals surface area contributed by atoms with Crippen LogP contribution in [0, 0.1) is 11.8 Å². The number of rotatable bonds is 10. The molecule has 0 saturated heterocycles. The fraction of sp³-hybridized carbons (Fsp3) is 0.588. The van der Waals surface area contributed by atoms with Crippen molar-refractivity contribution >= 4 is 5.97 Å². The van der Waals surface area contributed by atoms with Crippen LogP contribution in [0.25, 0.3) is 0 Å². The van der Waals surface area contributed by atoms with Gasteiger partial charge in [0, 0.05) is 0 Å². The highest BCUT2D eigenvalue weighted by Gasteiger charge is 2.27. The molecule has 0 aliphatic heterocycles. The number of aliphatic hydroxyl groups is 1. The highest BCUT2D eigenvalue weighted by Crippen LogP contribution is 2.19. The second kappa shape index (κ2) is 9.50. The Morgan fingerprint density at radius 1 is 1.35 bits per heavy atom. The molecule has 0 aliphatic carbocycles. The first kappa shape index (κ1) is 19.4. The number of hydrogen-bond donors (Lipinski definition) is 3. The summed E-state index contributed by atoms with van der Waals surface area (Å²) in [6.45, 7) is 4.14. The predicted octanol–water partition coefficient (Wildman–Crippen LogP) is 1.65. The lowest BCUT2D eigenvalue weighted by molar-refractivity contribution is -0.144. The van der Waals surface area contributed by atoms with Gasteiger partial charge in [-0.05, 0) is 30.0 Å². The summed E-state index contributed by atoms with van der Waals surface area (Å²) in [4.78, 5) is 11.2. The summed E-state index contributed by atoms with van der Waals surface area (Å²) < 4.78 is 10.6. The quantitative estimate of drug-likeness (QED) is 0.604. The third-order valence-corrected chi connectivity index (χ3v) is 3.82. The molecule has 0 heterocycles. The lowest BCUT2D eigenvalue weighted by Crippen LogP contribution is -2.41. The normalized spacial score (nSPS) is 15.2. The van der Waals surface area contributed by atoms with Crippen LogP contribution in [0.2, 0.25) is 0 Å². The Morgan fingerprint density at radius 3 is 2.61 bits per heavy atom. The Morgan fingerprint density at radius 2 is 2.04 bits per heavy atom. The molecule has 0 amide bonds. The van der Waals surface area contributed by atoms with Crippen molar-refractivity contribution in [3.8, 4) is 5.75 Å². The van der Waals surface area contributed by atoms with Gasteiger partial charge in [0.05, 0.1) is 38.4 Å². The summed E-state index contributed by atoms with van der Waals surface area (Å²) in [5.41, 5.74) is 6.83. The van der Waals surface area contributed by atoms with E-state index in [2.05, 4.69) is 0 Å². The Kier molecular flexibility index (Phi) is 8.02. The summed E-state index contributed by atoms with van der Waals surface area (Å²) in [6, 6.07) is 6.86. The zero-order chi connectivity index (χ0) is 17.4. The maximum atomic E-state index is 11.2. The Labute approximate surface area is 137 Å². The molecule has 0 aliphatic rings. The van der Waals surface area contributed by atoms with Crippen LogP contribution in [-0.4, -0.2) is 42.0 Å². The number of methoxy groups -OCH3 is 1. The van der Waals surface area contributed by atoms with E-state index in [-0.39, 0.29) is 18.9 Å². The summed E-state index contributed by atoms with van der Waals surface area (Å²) in [7, 11) is 1.60. The molecule has 0 bridgehead atoms. The molecule has 23 heavy (non-hydrogen) atoms. The van der Waals surface area contributed by atoms with Gasteiger partial charge in [0.2, 0.25) is 0 Å². The number of aliphatic hydroxyl groups excluding tert-OH is 1. The smallest absolute Gasteiger partial charge is 0.306 e. The van der Waals surface area contributed by atoms with Crippen LogP contribution in [0.15, 0.2) is 24.3 Å². The highest BCUT2D eigenvalue weighted by molar-refractivity contribution is 5.70. The van der Waals surface area contributed by atoms with Gasteiger partial charge in [-0.1, -0.05) is 26.0 Å². The van der Waals surface area contributed by atoms with E-state index in [9.17, 15) is 9.90 Å². The van der Waals surface area contributed by atoms with Crippen molar-refractivity contribution in [2.24, 2.45) is 17.6 Å². The van der Waals surface area contributed by atoms with Gasteiger partial charge in [-0.15, -0.1) is 0 Å². The molecular formula is C17H27NO5. The SMILES string of the molecule is COc1cccc(COCC(N)C(O)CC(C(=O)O)C(C)C)c1. The van der Waals surface area contributed by atoms with Crippen LogP contribution in [0.1, 0.15) is 25.8 Å². The van der Waals surface area contributed by atoms with E-state index in [1.54, 1.807) is 7.11 Å². The van der Waals surface area contributed by atoms with Crippen molar-refractivity contribution in [1.29, 1.82) is 0 Å². The molecule has 1 aromatic carbocycles. The van der Waals surface area contributed by atoms with Gasteiger partial charge >= 0.3 is 5.97 Å². The number of benzene rings is 1. The van der Waals surface area contributed by atoms with Crippen molar-refractivity contribution in [2.45, 2.75) is 39.0 Å². The van der Waals surface area contributed by atoms with Crippen LogP contribution in [0.5, 0.6) is 5.75 Å². The minimum atomic E-state index is -0.913. The molecule has 0 spiro atoms. The van der Waals surface area contributed by atoms with E-state index in [1.165, 1.54) is 0 Å². The standard InChI is InChI=1S/C17H27NO5/c1-11(2)14(17(20)21)8-16(19)15(18)10-23-9-12-5-4-6-13(7-12)22-3/h4-7,11,14-16,19H,8-10,18H2,1-3H3,(H,20,21). The van der Waals surface area contributed by atoms with E-state index >= 15 is 0 Å². The third-order valence-electron chi connectivity index (χ3n) is 3.82. The summed E-state index contributed by atoms with van der Waals surface area (Å²) >= 11 is 0. The van der Waals surface area contributed by atoms with E-state index in [0.717, 1.165) is 11.3 Å². The summed E-state index contributed by atoms with van der Waals surface area (Å²) in [5, 5.41) is 19.2. The molecule has 1 aromatic rings. The Bertz CT molecular complexity index is 492. The number of ether oxygens (including phenoxy) is 2. The van der Waals surface area contributed by atoms with Gasteiger partial charge in [-0.3, -0.25) is 4.79 Å². The lowest BCUT2D eigenvalue weighted by Gasteiger charge is -2.24. The van der Waals surface area contributed by atoms with Crippen LogP contribution in [0.4, 0.5) is 0 Å². The molecule has 0 aromatic heterocycles. The lowest BCUT2D eigenvalue weighted by atomic mass is 9.88. The van der Waals surface area contributed by atoms with Gasteiger partial charge in [-0.2, -0.15) is 0 Å². The van der Waals surface area contributed by atoms with Gasteiger partial charge < -0.3 is 25.4 Å². The van der Waals surface area contributed by atoms with Crippen LogP contribution < -0.4 is 10.5 Å². The summed E-state index contributed by atoms with van der Waals surface area (Å²) in [5.74, 6) is -0.846. The van der Waals surface area contributed by atoms with Crippen molar-refractivity contribution in [1.82, 2.24) is 0 Å². The minimum absolute atomic E-state index is 0.0629. The minimum Gasteiger partial charge on any atom is -0.497 e. The number of hydrogen-bond acceptors (Lipinski definition) is 5. The van der Waals surface area contributed by atoms with E-state index in [0.29, 0.717) is 6.61 Å². The molecule has 130 valence electrons. The van der Waals surface area contributed by atoms with Crippen molar-refractivity contribution in [3.05, 3.63) is 29.8 Å². The van der Waals surface area contributed by atoms with Crippen molar-refractivity contribution in [2.75, 3.05) is 13.7 Å². The van der Waals surface area contributed by atoms with Gasteiger partial charge in [-0.25, -0.2) is 0 Å². The van der Waals surface area contributed by atoms with Crippen molar-refractivity contribution in [3.63, 3.8) is 0 Å².